The van der Waals surface area contributed by atoms with E-state index in [1.54, 1.807) is 18.3 Å². The van der Waals surface area contributed by atoms with E-state index in [2.05, 4.69) is 25.5 Å². The Balaban J connectivity index is 1.08. The summed E-state index contributed by atoms with van der Waals surface area (Å²) in [4.78, 5) is 21.3. The van der Waals surface area contributed by atoms with Crippen LogP contribution in [0.25, 0.3) is 0 Å². The minimum absolute atomic E-state index is 0.0200. The number of benzene rings is 1. The van der Waals surface area contributed by atoms with Gasteiger partial charge in [0.15, 0.2) is 5.82 Å². The zero-order chi connectivity index (χ0) is 26.5. The zero-order valence-electron chi connectivity index (χ0n) is 21.1. The third kappa shape index (κ3) is 6.90. The maximum absolute atomic E-state index is 12.9. The first-order chi connectivity index (χ1) is 18.3. The summed E-state index contributed by atoms with van der Waals surface area (Å²) in [5, 5.41) is 10.7. The molecule has 2 saturated carbocycles. The van der Waals surface area contributed by atoms with Gasteiger partial charge < -0.3 is 10.1 Å². The number of anilines is 2. The molecule has 2 aliphatic rings. The van der Waals surface area contributed by atoms with Gasteiger partial charge in [-0.1, -0.05) is 31.0 Å². The van der Waals surface area contributed by atoms with E-state index in [1.807, 2.05) is 6.07 Å². The highest BCUT2D eigenvalue weighted by Gasteiger charge is 2.31. The molecule has 0 saturated heterocycles. The van der Waals surface area contributed by atoms with E-state index in [4.69, 9.17) is 4.74 Å². The second-order valence-corrected chi connectivity index (χ2v) is 10.4. The Morgan fingerprint density at radius 1 is 1.03 bits per heavy atom. The minimum Gasteiger partial charge on any atom is -0.460 e. The molecule has 0 radical (unpaired) electrons. The topological polar surface area (TPSA) is 92.8 Å². The molecule has 5 rings (SSSR count). The zero-order valence-corrected chi connectivity index (χ0v) is 21.1. The van der Waals surface area contributed by atoms with Crippen LogP contribution in [0.15, 0.2) is 42.6 Å². The number of rotatable bonds is 9. The molecule has 7 nitrogen and oxygen atoms in total. The first-order valence-electron chi connectivity index (χ1n) is 13.3. The standard InChI is InChI=1S/C28H32F3N5O2/c29-28(30,31)21-7-3-4-19(14-21)16-22(37)15-18-8-10-23(11-9-18)38-27-32-13-12-25(34-27)33-26-17-24(35-36-26)20-5-1-2-6-20/h3-4,7,12-14,17-18,20,23H,1-2,5-6,8-11,15-16H2,(H2,32,33,34,35,36). The van der Waals surface area contributed by atoms with Crippen molar-refractivity contribution in [3.8, 4) is 6.01 Å². The van der Waals surface area contributed by atoms with Crippen molar-refractivity contribution in [2.45, 2.75) is 82.4 Å². The van der Waals surface area contributed by atoms with Gasteiger partial charge >= 0.3 is 12.2 Å². The van der Waals surface area contributed by atoms with Gasteiger partial charge in [-0.2, -0.15) is 23.3 Å². The Labute approximate surface area is 219 Å². The van der Waals surface area contributed by atoms with Gasteiger partial charge in [0.25, 0.3) is 0 Å². The van der Waals surface area contributed by atoms with Crippen LogP contribution in [0, 0.1) is 5.92 Å². The Bertz CT molecular complexity index is 1230. The molecule has 1 aromatic carbocycles. The van der Waals surface area contributed by atoms with Crippen molar-refractivity contribution >= 4 is 17.4 Å². The predicted octanol–water partition coefficient (Wildman–Crippen LogP) is 6.76. The molecule has 0 aliphatic heterocycles. The molecular formula is C28H32F3N5O2. The number of aromatic nitrogens is 4. The molecule has 10 heteroatoms. The summed E-state index contributed by atoms with van der Waals surface area (Å²) in [7, 11) is 0. The fourth-order valence-electron chi connectivity index (χ4n) is 5.53. The SMILES string of the molecule is O=C(Cc1cccc(C(F)(F)F)c1)CC1CCC(Oc2nccc(Nc3cc(C4CCCC4)[nH]n3)n2)CC1. The molecule has 0 bridgehead atoms. The largest absolute Gasteiger partial charge is 0.460 e. The number of alkyl halides is 3. The van der Waals surface area contributed by atoms with Gasteiger partial charge in [-0.05, 0) is 62.1 Å². The van der Waals surface area contributed by atoms with Crippen molar-refractivity contribution < 1.29 is 22.7 Å². The van der Waals surface area contributed by atoms with E-state index in [1.165, 1.54) is 31.7 Å². The maximum Gasteiger partial charge on any atom is 0.416 e. The third-order valence-electron chi connectivity index (χ3n) is 7.52. The van der Waals surface area contributed by atoms with E-state index >= 15 is 0 Å². The van der Waals surface area contributed by atoms with Gasteiger partial charge in [-0.25, -0.2) is 4.98 Å². The maximum atomic E-state index is 12.9. The lowest BCUT2D eigenvalue weighted by Gasteiger charge is -2.28. The molecule has 2 heterocycles. The molecule has 0 unspecified atom stereocenters. The summed E-state index contributed by atoms with van der Waals surface area (Å²) >= 11 is 0. The average molecular weight is 528 g/mol. The Morgan fingerprint density at radius 2 is 1.82 bits per heavy atom. The highest BCUT2D eigenvalue weighted by molar-refractivity contribution is 5.81. The number of H-pyrrole nitrogens is 1. The molecule has 2 aliphatic carbocycles. The van der Waals surface area contributed by atoms with Crippen molar-refractivity contribution in [2.75, 3.05) is 5.32 Å². The molecule has 38 heavy (non-hydrogen) atoms. The van der Waals surface area contributed by atoms with Gasteiger partial charge in [0.2, 0.25) is 0 Å². The molecule has 202 valence electrons. The Kier molecular flexibility index (Phi) is 7.95. The highest BCUT2D eigenvalue weighted by atomic mass is 19.4. The van der Waals surface area contributed by atoms with Gasteiger partial charge in [-0.3, -0.25) is 9.89 Å². The van der Waals surface area contributed by atoms with Crippen LogP contribution in [0.5, 0.6) is 6.01 Å². The van der Waals surface area contributed by atoms with Crippen LogP contribution in [-0.2, 0) is 17.4 Å². The first kappa shape index (κ1) is 26.2. The average Bonchev–Trinajstić information content (AvgIpc) is 3.58. The van der Waals surface area contributed by atoms with E-state index in [-0.39, 0.29) is 24.2 Å². The minimum atomic E-state index is -4.41. The smallest absolute Gasteiger partial charge is 0.416 e. The predicted molar refractivity (Wildman–Crippen MR) is 136 cm³/mol. The number of hydrogen-bond donors (Lipinski definition) is 2. The summed E-state index contributed by atoms with van der Waals surface area (Å²) in [5.41, 5.74) is 0.831. The number of aromatic amines is 1. The van der Waals surface area contributed by atoms with E-state index < -0.39 is 11.7 Å². The van der Waals surface area contributed by atoms with Crippen LogP contribution in [0.2, 0.25) is 0 Å². The molecule has 3 aromatic rings. The van der Waals surface area contributed by atoms with E-state index in [0.29, 0.717) is 35.5 Å². The van der Waals surface area contributed by atoms with Gasteiger partial charge in [-0.15, -0.1) is 0 Å². The summed E-state index contributed by atoms with van der Waals surface area (Å²) in [6, 6.07) is 9.11. The fraction of sp³-hybridized carbons (Fsp3) is 0.500. The molecule has 2 aromatic heterocycles. The Hall–Kier alpha value is -3.43. The summed E-state index contributed by atoms with van der Waals surface area (Å²) in [6.45, 7) is 0. The van der Waals surface area contributed by atoms with Crippen LogP contribution in [0.1, 0.15) is 80.5 Å². The van der Waals surface area contributed by atoms with Crippen LogP contribution in [0.3, 0.4) is 0 Å². The van der Waals surface area contributed by atoms with Crippen molar-refractivity contribution in [2.24, 2.45) is 5.92 Å². The van der Waals surface area contributed by atoms with Crippen molar-refractivity contribution in [1.29, 1.82) is 0 Å². The second-order valence-electron chi connectivity index (χ2n) is 10.4. The normalized spacial score (nSPS) is 20.4. The number of halogens is 3. The number of Topliss-reactive ketones (excluding diaryl/α,β-unsaturated/α-hetero) is 1. The highest BCUT2D eigenvalue weighted by Crippen LogP contribution is 2.34. The lowest BCUT2D eigenvalue weighted by molar-refractivity contribution is -0.137. The first-order valence-corrected chi connectivity index (χ1v) is 13.3. The third-order valence-corrected chi connectivity index (χ3v) is 7.52. The monoisotopic (exact) mass is 527 g/mol. The number of ketones is 1. The van der Waals surface area contributed by atoms with Crippen molar-refractivity contribution in [3.63, 3.8) is 0 Å². The molecule has 0 atom stereocenters. The number of carbonyl (C=O) groups is 1. The lowest BCUT2D eigenvalue weighted by atomic mass is 9.83. The van der Waals surface area contributed by atoms with Crippen molar-refractivity contribution in [3.05, 3.63) is 59.4 Å². The van der Waals surface area contributed by atoms with E-state index in [0.717, 1.165) is 43.5 Å². The Morgan fingerprint density at radius 3 is 2.58 bits per heavy atom. The van der Waals surface area contributed by atoms with Crippen LogP contribution < -0.4 is 10.1 Å². The van der Waals surface area contributed by atoms with Crippen LogP contribution in [-0.4, -0.2) is 32.1 Å². The summed E-state index contributed by atoms with van der Waals surface area (Å²) in [5.74, 6) is 2.04. The van der Waals surface area contributed by atoms with Gasteiger partial charge in [0.1, 0.15) is 17.7 Å². The second kappa shape index (κ2) is 11.5. The number of carbonyl (C=O) groups excluding carboxylic acids is 1. The van der Waals surface area contributed by atoms with E-state index in [9.17, 15) is 18.0 Å². The molecule has 2 N–H and O–H groups in total. The molecule has 0 spiro atoms. The molecular weight excluding hydrogens is 495 g/mol. The van der Waals surface area contributed by atoms with Gasteiger partial charge in [0.05, 0.1) is 5.56 Å². The van der Waals surface area contributed by atoms with Crippen LogP contribution >= 0.6 is 0 Å². The molecule has 0 amide bonds. The number of hydrogen-bond acceptors (Lipinski definition) is 6. The number of nitrogens with zero attached hydrogens (tertiary/aromatic N) is 3. The van der Waals surface area contributed by atoms with Crippen LogP contribution in [0.4, 0.5) is 24.8 Å². The summed E-state index contributed by atoms with van der Waals surface area (Å²) < 4.78 is 44.8. The fourth-order valence-corrected chi connectivity index (χ4v) is 5.53. The number of nitrogens with one attached hydrogen (secondary N) is 2. The van der Waals surface area contributed by atoms with Gasteiger partial charge in [0, 0.05) is 36.7 Å². The quantitative estimate of drug-likeness (QED) is 0.319. The summed E-state index contributed by atoms with van der Waals surface area (Å²) in [6.07, 6.45) is 5.66. The van der Waals surface area contributed by atoms with Crippen molar-refractivity contribution in [1.82, 2.24) is 20.2 Å². The number of ether oxygens (including phenoxy) is 1. The lowest BCUT2D eigenvalue weighted by Crippen LogP contribution is -2.26. The molecule has 2 fully saturated rings.